The monoisotopic (exact) mass is 317 g/mol. The number of carbonyl (C=O) groups is 3. The van der Waals surface area contributed by atoms with Gasteiger partial charge in [0.2, 0.25) is 11.8 Å². The van der Waals surface area contributed by atoms with Gasteiger partial charge in [0, 0.05) is 5.92 Å². The van der Waals surface area contributed by atoms with E-state index in [2.05, 4.69) is 16.2 Å². The van der Waals surface area contributed by atoms with Crippen LogP contribution >= 0.6 is 0 Å². The van der Waals surface area contributed by atoms with Gasteiger partial charge in [-0.3, -0.25) is 25.2 Å². The maximum Gasteiger partial charge on any atom is 0.257 e. The first-order valence-corrected chi connectivity index (χ1v) is 8.04. The lowest BCUT2D eigenvalue weighted by Crippen LogP contribution is -2.47. The fraction of sp³-hybridized carbons (Fsp3) is 0.471. The Morgan fingerprint density at radius 2 is 1.57 bits per heavy atom. The Bertz CT molecular complexity index is 539. The minimum Gasteiger partial charge on any atom is -0.347 e. The van der Waals surface area contributed by atoms with Crippen molar-refractivity contribution in [2.75, 3.05) is 6.54 Å². The van der Waals surface area contributed by atoms with E-state index in [0.29, 0.717) is 0 Å². The molecule has 6 nitrogen and oxygen atoms in total. The fourth-order valence-electron chi connectivity index (χ4n) is 2.69. The van der Waals surface area contributed by atoms with Gasteiger partial charge in [-0.25, -0.2) is 0 Å². The van der Waals surface area contributed by atoms with E-state index in [1.54, 1.807) is 0 Å². The molecule has 0 aliphatic heterocycles. The van der Waals surface area contributed by atoms with Crippen LogP contribution in [0.4, 0.5) is 0 Å². The van der Waals surface area contributed by atoms with Crippen LogP contribution in [0.25, 0.3) is 0 Å². The van der Waals surface area contributed by atoms with Crippen molar-refractivity contribution in [3.63, 3.8) is 0 Å². The quantitative estimate of drug-likeness (QED) is 0.710. The summed E-state index contributed by atoms with van der Waals surface area (Å²) in [4.78, 5) is 35.2. The largest absolute Gasteiger partial charge is 0.347 e. The summed E-state index contributed by atoms with van der Waals surface area (Å²) in [5.41, 5.74) is 5.52. The summed E-state index contributed by atoms with van der Waals surface area (Å²) in [6.45, 7) is -0.124. The van der Waals surface area contributed by atoms with Crippen molar-refractivity contribution < 1.29 is 14.4 Å². The molecular formula is C17H23N3O3. The highest BCUT2D eigenvalue weighted by Gasteiger charge is 2.21. The fourth-order valence-corrected chi connectivity index (χ4v) is 2.69. The zero-order valence-electron chi connectivity index (χ0n) is 13.1. The first-order valence-electron chi connectivity index (χ1n) is 8.04. The average molecular weight is 317 g/mol. The number of amides is 3. The summed E-state index contributed by atoms with van der Waals surface area (Å²) in [5, 5.41) is 2.62. The minimum atomic E-state index is -0.435. The van der Waals surface area contributed by atoms with Gasteiger partial charge < -0.3 is 5.32 Å². The van der Waals surface area contributed by atoms with Crippen molar-refractivity contribution in [1.29, 1.82) is 0 Å². The van der Waals surface area contributed by atoms with Crippen LogP contribution in [-0.4, -0.2) is 24.3 Å². The maximum absolute atomic E-state index is 11.9. The Kier molecular flexibility index (Phi) is 6.59. The molecule has 3 amide bonds. The van der Waals surface area contributed by atoms with Crippen molar-refractivity contribution in [3.05, 3.63) is 35.9 Å². The van der Waals surface area contributed by atoms with Crippen molar-refractivity contribution in [3.8, 4) is 0 Å². The molecule has 0 heterocycles. The zero-order valence-corrected chi connectivity index (χ0v) is 13.1. The first-order chi connectivity index (χ1) is 11.1. The number of benzene rings is 1. The van der Waals surface area contributed by atoms with Crippen LogP contribution in [0, 0.1) is 5.92 Å². The molecule has 1 aliphatic rings. The van der Waals surface area contributed by atoms with Crippen LogP contribution in [0.15, 0.2) is 30.3 Å². The van der Waals surface area contributed by atoms with Crippen LogP contribution < -0.4 is 16.2 Å². The third kappa shape index (κ3) is 6.10. The summed E-state index contributed by atoms with van der Waals surface area (Å²) in [5.74, 6) is -0.793. The summed E-state index contributed by atoms with van der Waals surface area (Å²) in [6.07, 6.45) is 5.29. The van der Waals surface area contributed by atoms with Gasteiger partial charge in [-0.2, -0.15) is 0 Å². The van der Waals surface area contributed by atoms with Gasteiger partial charge in [0.05, 0.1) is 13.0 Å². The molecule has 1 fully saturated rings. The van der Waals surface area contributed by atoms with Crippen LogP contribution in [0.1, 0.15) is 37.7 Å². The normalized spacial score (nSPS) is 14.8. The molecule has 2 rings (SSSR count). The van der Waals surface area contributed by atoms with Crippen LogP contribution in [0.2, 0.25) is 0 Å². The molecule has 0 unspecified atom stereocenters. The first kappa shape index (κ1) is 17.0. The second-order valence-electron chi connectivity index (χ2n) is 5.81. The van der Waals surface area contributed by atoms with Crippen LogP contribution in [0.3, 0.4) is 0 Å². The highest BCUT2D eigenvalue weighted by Crippen LogP contribution is 2.23. The molecule has 1 saturated carbocycles. The molecule has 1 aliphatic carbocycles. The average Bonchev–Trinajstić information content (AvgIpc) is 2.59. The summed E-state index contributed by atoms with van der Waals surface area (Å²) in [6, 6.07) is 9.25. The Morgan fingerprint density at radius 1 is 0.913 bits per heavy atom. The van der Waals surface area contributed by atoms with Crippen molar-refractivity contribution in [1.82, 2.24) is 16.2 Å². The van der Waals surface area contributed by atoms with E-state index in [4.69, 9.17) is 0 Å². The highest BCUT2D eigenvalue weighted by atomic mass is 16.2. The van der Waals surface area contributed by atoms with Gasteiger partial charge in [-0.15, -0.1) is 0 Å². The van der Waals surface area contributed by atoms with Gasteiger partial charge in [0.15, 0.2) is 0 Å². The lowest BCUT2D eigenvalue weighted by molar-refractivity contribution is -0.131. The molecule has 0 saturated heterocycles. The number of nitrogens with one attached hydrogen (secondary N) is 3. The Morgan fingerprint density at radius 3 is 2.26 bits per heavy atom. The predicted octanol–water partition coefficient (Wildman–Crippen LogP) is 1.07. The second kappa shape index (κ2) is 8.92. The Hall–Kier alpha value is -2.37. The van der Waals surface area contributed by atoms with E-state index in [9.17, 15) is 14.4 Å². The number of rotatable bonds is 5. The lowest BCUT2D eigenvalue weighted by Gasteiger charge is -2.20. The van der Waals surface area contributed by atoms with E-state index in [1.807, 2.05) is 30.3 Å². The summed E-state index contributed by atoms with van der Waals surface area (Å²) < 4.78 is 0. The van der Waals surface area contributed by atoms with E-state index in [1.165, 1.54) is 6.42 Å². The van der Waals surface area contributed by atoms with Gasteiger partial charge in [-0.1, -0.05) is 49.6 Å². The molecule has 1 aromatic carbocycles. The lowest BCUT2D eigenvalue weighted by atomic mass is 9.89. The molecular weight excluding hydrogens is 294 g/mol. The third-order valence-electron chi connectivity index (χ3n) is 3.95. The van der Waals surface area contributed by atoms with Crippen LogP contribution in [0.5, 0.6) is 0 Å². The van der Waals surface area contributed by atoms with Crippen molar-refractivity contribution >= 4 is 17.7 Å². The topological polar surface area (TPSA) is 87.3 Å². The molecule has 0 radical (unpaired) electrons. The SMILES string of the molecule is O=C(CNC(=O)C1CCCCC1)NNC(=O)Cc1ccccc1. The van der Waals surface area contributed by atoms with E-state index >= 15 is 0 Å². The van der Waals surface area contributed by atoms with E-state index < -0.39 is 5.91 Å². The molecule has 3 N–H and O–H groups in total. The molecule has 23 heavy (non-hydrogen) atoms. The van der Waals surface area contributed by atoms with E-state index in [-0.39, 0.29) is 30.7 Å². The van der Waals surface area contributed by atoms with Crippen molar-refractivity contribution in [2.24, 2.45) is 5.92 Å². The predicted molar refractivity (Wildman–Crippen MR) is 86.0 cm³/mol. The molecule has 124 valence electrons. The molecule has 1 aromatic rings. The summed E-state index contributed by atoms with van der Waals surface area (Å²) >= 11 is 0. The number of hydrogen-bond acceptors (Lipinski definition) is 3. The van der Waals surface area contributed by atoms with Crippen molar-refractivity contribution in [2.45, 2.75) is 38.5 Å². The molecule has 0 aromatic heterocycles. The van der Waals surface area contributed by atoms with Gasteiger partial charge in [0.1, 0.15) is 0 Å². The third-order valence-corrected chi connectivity index (χ3v) is 3.95. The van der Waals surface area contributed by atoms with E-state index in [0.717, 1.165) is 31.2 Å². The highest BCUT2D eigenvalue weighted by molar-refractivity contribution is 5.87. The second-order valence-corrected chi connectivity index (χ2v) is 5.81. The minimum absolute atomic E-state index is 0.0178. The molecule has 6 heteroatoms. The number of hydrogen-bond donors (Lipinski definition) is 3. The molecule has 0 bridgehead atoms. The maximum atomic E-state index is 11.9. The standard InChI is InChI=1S/C17H23N3O3/c21-15(11-13-7-3-1-4-8-13)19-20-16(22)12-18-17(23)14-9-5-2-6-10-14/h1,3-4,7-8,14H,2,5-6,9-12H2,(H,18,23)(H,19,21)(H,20,22). The Labute approximate surface area is 136 Å². The van der Waals surface area contributed by atoms with Gasteiger partial charge in [-0.05, 0) is 18.4 Å². The summed E-state index contributed by atoms with van der Waals surface area (Å²) in [7, 11) is 0. The molecule has 0 atom stereocenters. The zero-order chi connectivity index (χ0) is 16.5. The van der Waals surface area contributed by atoms with Gasteiger partial charge >= 0.3 is 0 Å². The Balaban J connectivity index is 1.62. The number of hydrazine groups is 1. The van der Waals surface area contributed by atoms with Crippen LogP contribution in [-0.2, 0) is 20.8 Å². The smallest absolute Gasteiger partial charge is 0.257 e. The van der Waals surface area contributed by atoms with Gasteiger partial charge in [0.25, 0.3) is 5.91 Å². The number of carbonyl (C=O) groups excluding carboxylic acids is 3. The molecule has 0 spiro atoms.